The first kappa shape index (κ1) is 22.5. The molecule has 8 nitrogen and oxygen atoms in total. The summed E-state index contributed by atoms with van der Waals surface area (Å²) >= 11 is 5.92. The van der Waals surface area contributed by atoms with Gasteiger partial charge in [-0.15, -0.1) is 0 Å². The normalized spacial score (nSPS) is 14.0. The van der Waals surface area contributed by atoms with Crippen molar-refractivity contribution in [1.29, 1.82) is 0 Å². The van der Waals surface area contributed by atoms with Gasteiger partial charge >= 0.3 is 11.9 Å². The second-order valence-electron chi connectivity index (χ2n) is 6.58. The first-order chi connectivity index (χ1) is 14.7. The van der Waals surface area contributed by atoms with E-state index >= 15 is 0 Å². The fourth-order valence-corrected chi connectivity index (χ4v) is 4.09. The number of hydrogen-bond acceptors (Lipinski definition) is 7. The molecule has 0 fully saturated rings. The van der Waals surface area contributed by atoms with Gasteiger partial charge in [0.05, 0.1) is 22.0 Å². The zero-order chi connectivity index (χ0) is 22.4. The fraction of sp³-hybridized carbons (Fsp3) is 0.190. The van der Waals surface area contributed by atoms with Crippen molar-refractivity contribution in [2.45, 2.75) is 11.3 Å². The van der Waals surface area contributed by atoms with Gasteiger partial charge < -0.3 is 9.84 Å². The molecule has 0 amide bonds. The van der Waals surface area contributed by atoms with E-state index in [9.17, 15) is 18.0 Å². The number of sulfone groups is 1. The van der Waals surface area contributed by atoms with Crippen LogP contribution in [0.25, 0.3) is 0 Å². The van der Waals surface area contributed by atoms with E-state index < -0.39 is 27.5 Å². The summed E-state index contributed by atoms with van der Waals surface area (Å²) in [6.07, 6.45) is 2.09. The Labute approximate surface area is 184 Å². The molecule has 0 aromatic heterocycles. The third kappa shape index (κ3) is 6.16. The highest BCUT2D eigenvalue weighted by atomic mass is 35.5. The van der Waals surface area contributed by atoms with Gasteiger partial charge in [0.1, 0.15) is 6.61 Å². The molecular formula is C21H19ClN2O6S. The molecule has 0 radical (unpaired) electrons. The number of anilines is 1. The van der Waals surface area contributed by atoms with E-state index in [4.69, 9.17) is 21.4 Å². The Morgan fingerprint density at radius 1 is 1.10 bits per heavy atom. The molecule has 0 saturated carbocycles. The molecule has 2 aromatic carbocycles. The van der Waals surface area contributed by atoms with Crippen LogP contribution in [0.5, 0.6) is 0 Å². The minimum absolute atomic E-state index is 0.0921. The zero-order valence-corrected chi connectivity index (χ0v) is 17.8. The Morgan fingerprint density at radius 3 is 2.42 bits per heavy atom. The molecule has 1 heterocycles. The van der Waals surface area contributed by atoms with Crippen molar-refractivity contribution in [2.75, 3.05) is 23.9 Å². The summed E-state index contributed by atoms with van der Waals surface area (Å²) in [6, 6.07) is 13.7. The molecule has 0 bridgehead atoms. The molecule has 3 rings (SSSR count). The number of nitrogens with zero attached hydrogens (tertiary/aromatic N) is 2. The SMILES string of the molecule is O=C(O)C=CC(=O)OCCS(=O)(=O)c1ccc(N2CCC(c3ccc(Cl)cc3)=N2)cc1. The summed E-state index contributed by atoms with van der Waals surface area (Å²) in [7, 11) is -3.67. The molecule has 162 valence electrons. The standard InChI is InChI=1S/C21H19ClN2O6S/c22-16-3-1-15(2-4-16)19-11-12-24(23-19)17-5-7-18(8-6-17)31(28,29)14-13-30-21(27)10-9-20(25)26/h1-10H,11-14H2,(H,25,26). The minimum Gasteiger partial charge on any atom is -0.478 e. The highest BCUT2D eigenvalue weighted by molar-refractivity contribution is 7.91. The summed E-state index contributed by atoms with van der Waals surface area (Å²) < 4.78 is 29.6. The Hall–Kier alpha value is -3.17. The summed E-state index contributed by atoms with van der Waals surface area (Å²) in [5.41, 5.74) is 2.67. The number of esters is 1. The zero-order valence-electron chi connectivity index (χ0n) is 16.3. The molecule has 31 heavy (non-hydrogen) atoms. The van der Waals surface area contributed by atoms with E-state index in [1.807, 2.05) is 12.1 Å². The predicted octanol–water partition coefficient (Wildman–Crippen LogP) is 2.91. The lowest BCUT2D eigenvalue weighted by atomic mass is 10.1. The van der Waals surface area contributed by atoms with Gasteiger partial charge in [0.2, 0.25) is 0 Å². The van der Waals surface area contributed by atoms with Gasteiger partial charge in [-0.1, -0.05) is 23.7 Å². The van der Waals surface area contributed by atoms with Crippen LogP contribution in [-0.4, -0.2) is 50.1 Å². The molecular weight excluding hydrogens is 444 g/mol. The van der Waals surface area contributed by atoms with Gasteiger partial charge in [-0.25, -0.2) is 18.0 Å². The van der Waals surface area contributed by atoms with Crippen LogP contribution < -0.4 is 5.01 Å². The monoisotopic (exact) mass is 462 g/mol. The van der Waals surface area contributed by atoms with Crippen LogP contribution in [0.4, 0.5) is 5.69 Å². The number of carbonyl (C=O) groups is 2. The second-order valence-corrected chi connectivity index (χ2v) is 9.12. The summed E-state index contributed by atoms with van der Waals surface area (Å²) in [5.74, 6) is -2.63. The topological polar surface area (TPSA) is 113 Å². The van der Waals surface area contributed by atoms with Gasteiger partial charge in [-0.2, -0.15) is 5.10 Å². The predicted molar refractivity (Wildman–Crippen MR) is 116 cm³/mol. The molecule has 0 atom stereocenters. The van der Waals surface area contributed by atoms with Crippen molar-refractivity contribution >= 4 is 44.8 Å². The number of carbonyl (C=O) groups excluding carboxylic acids is 1. The number of hydrazone groups is 1. The van der Waals surface area contributed by atoms with Crippen LogP contribution in [0.15, 0.2) is 70.7 Å². The molecule has 0 saturated heterocycles. The number of hydrogen-bond donors (Lipinski definition) is 1. The van der Waals surface area contributed by atoms with Gasteiger partial charge in [0, 0.05) is 30.1 Å². The molecule has 1 aliphatic rings. The van der Waals surface area contributed by atoms with Gasteiger partial charge in [0.25, 0.3) is 0 Å². The number of carboxylic acids is 1. The first-order valence-electron chi connectivity index (χ1n) is 9.26. The number of rotatable bonds is 8. The van der Waals surface area contributed by atoms with Crippen molar-refractivity contribution in [3.05, 3.63) is 71.3 Å². The lowest BCUT2D eigenvalue weighted by molar-refractivity contribution is -0.138. The van der Waals surface area contributed by atoms with E-state index in [1.54, 1.807) is 29.3 Å². The second kappa shape index (κ2) is 9.76. The van der Waals surface area contributed by atoms with Crippen LogP contribution in [0.3, 0.4) is 0 Å². The van der Waals surface area contributed by atoms with Crippen LogP contribution in [-0.2, 0) is 24.2 Å². The van der Waals surface area contributed by atoms with Crippen molar-refractivity contribution in [3.8, 4) is 0 Å². The maximum Gasteiger partial charge on any atom is 0.331 e. The van der Waals surface area contributed by atoms with Gasteiger partial charge in [-0.3, -0.25) is 5.01 Å². The number of ether oxygens (including phenoxy) is 1. The van der Waals surface area contributed by atoms with Crippen molar-refractivity contribution < 1.29 is 27.9 Å². The maximum absolute atomic E-state index is 12.4. The van der Waals surface area contributed by atoms with Gasteiger partial charge in [-0.05, 0) is 42.0 Å². The van der Waals surface area contributed by atoms with E-state index in [0.717, 1.165) is 29.5 Å². The Bertz CT molecular complexity index is 1130. The number of carboxylic acid groups (broad SMARTS) is 1. The van der Waals surface area contributed by atoms with Crippen molar-refractivity contribution in [1.82, 2.24) is 0 Å². The van der Waals surface area contributed by atoms with Crippen LogP contribution in [0.2, 0.25) is 5.02 Å². The first-order valence-corrected chi connectivity index (χ1v) is 11.3. The van der Waals surface area contributed by atoms with Crippen molar-refractivity contribution in [3.63, 3.8) is 0 Å². The number of aliphatic carboxylic acids is 1. The molecule has 0 aliphatic carbocycles. The highest BCUT2D eigenvalue weighted by Gasteiger charge is 2.19. The van der Waals surface area contributed by atoms with E-state index in [1.165, 1.54) is 12.1 Å². The molecule has 0 spiro atoms. The van der Waals surface area contributed by atoms with Crippen molar-refractivity contribution in [2.24, 2.45) is 5.10 Å². The van der Waals surface area contributed by atoms with E-state index in [0.29, 0.717) is 17.6 Å². The van der Waals surface area contributed by atoms with E-state index in [2.05, 4.69) is 5.10 Å². The lowest BCUT2D eigenvalue weighted by Crippen LogP contribution is -2.15. The molecule has 1 N–H and O–H groups in total. The molecule has 2 aromatic rings. The summed E-state index contributed by atoms with van der Waals surface area (Å²) in [6.45, 7) is 0.289. The van der Waals surface area contributed by atoms with Crippen LogP contribution >= 0.6 is 11.6 Å². The molecule has 10 heteroatoms. The lowest BCUT2D eigenvalue weighted by Gasteiger charge is -2.14. The third-order valence-electron chi connectivity index (χ3n) is 4.43. The largest absolute Gasteiger partial charge is 0.478 e. The Morgan fingerprint density at radius 2 is 1.77 bits per heavy atom. The molecule has 0 unspecified atom stereocenters. The average Bonchev–Trinajstić information content (AvgIpc) is 3.23. The summed E-state index contributed by atoms with van der Waals surface area (Å²) in [4.78, 5) is 21.7. The fourth-order valence-electron chi connectivity index (χ4n) is 2.87. The van der Waals surface area contributed by atoms with Gasteiger partial charge in [0.15, 0.2) is 9.84 Å². The Kier molecular flexibility index (Phi) is 7.09. The van der Waals surface area contributed by atoms with Crippen LogP contribution in [0.1, 0.15) is 12.0 Å². The average molecular weight is 463 g/mol. The third-order valence-corrected chi connectivity index (χ3v) is 6.38. The number of benzene rings is 2. The quantitative estimate of drug-likeness (QED) is 0.474. The smallest absolute Gasteiger partial charge is 0.331 e. The highest BCUT2D eigenvalue weighted by Crippen LogP contribution is 2.24. The molecule has 1 aliphatic heterocycles. The maximum atomic E-state index is 12.4. The summed E-state index contributed by atoms with van der Waals surface area (Å²) in [5, 5.41) is 15.5. The Balaban J connectivity index is 1.61. The van der Waals surface area contributed by atoms with E-state index in [-0.39, 0.29) is 11.5 Å². The van der Waals surface area contributed by atoms with Crippen LogP contribution in [0, 0.1) is 0 Å². The number of halogens is 1. The minimum atomic E-state index is -3.67.